The maximum atomic E-state index is 12.8. The molecule has 1 saturated carbocycles. The first-order valence-electron chi connectivity index (χ1n) is 13.0. The van der Waals surface area contributed by atoms with E-state index in [2.05, 4.69) is 40.5 Å². The average Bonchev–Trinajstić information content (AvgIpc) is 3.36. The lowest BCUT2D eigenvalue weighted by Gasteiger charge is -2.24. The van der Waals surface area contributed by atoms with Crippen LogP contribution >= 0.6 is 0 Å². The highest BCUT2D eigenvalue weighted by atomic mass is 16.2. The van der Waals surface area contributed by atoms with Crippen molar-refractivity contribution >= 4 is 35.3 Å². The van der Waals surface area contributed by atoms with Crippen LogP contribution < -0.4 is 11.2 Å². The molecule has 2 aliphatic rings. The summed E-state index contributed by atoms with van der Waals surface area (Å²) in [6, 6.07) is 20.8. The fraction of sp³-hybridized carbons (Fsp3) is 0.379. The summed E-state index contributed by atoms with van der Waals surface area (Å²) in [5.74, 6) is 3.62. The van der Waals surface area contributed by atoms with Gasteiger partial charge in [0.05, 0.1) is 30.8 Å². The first-order valence-corrected chi connectivity index (χ1v) is 13.0. The van der Waals surface area contributed by atoms with Crippen molar-refractivity contribution in [1.82, 2.24) is 9.80 Å². The molecule has 2 aromatic rings. The molecule has 0 spiro atoms. The van der Waals surface area contributed by atoms with Gasteiger partial charge in [0.25, 0.3) is 5.91 Å². The van der Waals surface area contributed by atoms with Crippen molar-refractivity contribution in [3.8, 4) is 6.07 Å². The van der Waals surface area contributed by atoms with E-state index >= 15 is 0 Å². The molecule has 204 valence electrons. The van der Waals surface area contributed by atoms with E-state index in [4.69, 9.17) is 5.84 Å². The van der Waals surface area contributed by atoms with E-state index in [-0.39, 0.29) is 37.2 Å². The van der Waals surface area contributed by atoms with E-state index in [0.717, 1.165) is 19.3 Å². The van der Waals surface area contributed by atoms with Gasteiger partial charge in [-0.1, -0.05) is 54.1 Å². The van der Waals surface area contributed by atoms with Crippen molar-refractivity contribution in [2.45, 2.75) is 44.7 Å². The predicted molar refractivity (Wildman–Crippen MR) is 151 cm³/mol. The van der Waals surface area contributed by atoms with Crippen molar-refractivity contribution in [2.75, 3.05) is 25.5 Å². The molecular weight excluding hydrogens is 494 g/mol. The number of nitrogens with two attached hydrogens (primary N) is 1. The summed E-state index contributed by atoms with van der Waals surface area (Å²) in [6.45, 7) is 1.93. The number of hydrazone groups is 1. The summed E-state index contributed by atoms with van der Waals surface area (Å²) < 4.78 is 0. The molecule has 2 aromatic carbocycles. The molecule has 1 saturated heterocycles. The molecule has 0 aromatic heterocycles. The molecule has 2 unspecified atom stereocenters. The highest BCUT2D eigenvalue weighted by molar-refractivity contribution is 6.60. The summed E-state index contributed by atoms with van der Waals surface area (Å²) in [6.07, 6.45) is 4.65. The smallest absolute Gasteiger partial charge is 0.276 e. The number of carbonyl (C=O) groups is 3. The minimum Gasteiger partial charge on any atom is -0.331 e. The quantitative estimate of drug-likeness (QED) is 0.322. The lowest BCUT2D eigenvalue weighted by Crippen LogP contribution is -2.45. The number of benzene rings is 2. The van der Waals surface area contributed by atoms with Crippen molar-refractivity contribution in [1.29, 1.82) is 5.26 Å². The number of likely N-dealkylation sites (N-methyl/N-ethyl adjacent to an activating group) is 1. The largest absolute Gasteiger partial charge is 0.331 e. The number of anilines is 1. The molecule has 39 heavy (non-hydrogen) atoms. The number of aryl methyl sites for hydroxylation is 1. The Labute approximate surface area is 229 Å². The molecular formula is C29H35N7O3. The number of hydrogen-bond donors (Lipinski definition) is 2. The number of aliphatic imine (C=N–C) groups is 1. The Kier molecular flexibility index (Phi) is 10.7. The van der Waals surface area contributed by atoms with Gasteiger partial charge in [-0.15, -0.1) is 0 Å². The van der Waals surface area contributed by atoms with E-state index in [1.807, 2.05) is 24.3 Å². The van der Waals surface area contributed by atoms with Crippen LogP contribution in [0.3, 0.4) is 0 Å². The second-order valence-electron chi connectivity index (χ2n) is 9.67. The zero-order valence-electron chi connectivity index (χ0n) is 22.4. The van der Waals surface area contributed by atoms with Crippen LogP contribution in [0.25, 0.3) is 0 Å². The SMILES string of the molecule is CN(CC(=O)N1CC(C(=O)Nc2ccccc2)CC1C#N)C(=O)/C(C=NC1CCC1)=N/N.Cc1ccccc1. The molecule has 10 nitrogen and oxygen atoms in total. The topological polar surface area (TPSA) is 144 Å². The summed E-state index contributed by atoms with van der Waals surface area (Å²) in [5, 5.41) is 15.8. The Bertz CT molecular complexity index is 1220. The van der Waals surface area contributed by atoms with E-state index in [9.17, 15) is 19.6 Å². The first-order chi connectivity index (χ1) is 18.8. The van der Waals surface area contributed by atoms with Gasteiger partial charge in [0.15, 0.2) is 5.71 Å². The van der Waals surface area contributed by atoms with Gasteiger partial charge in [-0.25, -0.2) is 0 Å². The van der Waals surface area contributed by atoms with Gasteiger partial charge < -0.3 is 21.0 Å². The van der Waals surface area contributed by atoms with Crippen LogP contribution in [0.2, 0.25) is 0 Å². The summed E-state index contributed by atoms with van der Waals surface area (Å²) >= 11 is 0. The number of hydrogen-bond acceptors (Lipinski definition) is 7. The van der Waals surface area contributed by atoms with Gasteiger partial charge in [-0.3, -0.25) is 19.4 Å². The normalized spacial score (nSPS) is 18.9. The molecule has 3 N–H and O–H groups in total. The molecule has 3 amide bonds. The molecule has 10 heteroatoms. The third kappa shape index (κ3) is 8.50. The fourth-order valence-corrected chi connectivity index (χ4v) is 4.14. The van der Waals surface area contributed by atoms with Crippen LogP contribution in [0.4, 0.5) is 5.69 Å². The Morgan fingerprint density at radius 3 is 2.28 bits per heavy atom. The van der Waals surface area contributed by atoms with Gasteiger partial charge >= 0.3 is 0 Å². The van der Waals surface area contributed by atoms with E-state index < -0.39 is 23.8 Å². The summed E-state index contributed by atoms with van der Waals surface area (Å²) in [7, 11) is 1.46. The number of nitrogens with one attached hydrogen (secondary N) is 1. The number of para-hydroxylation sites is 1. The van der Waals surface area contributed by atoms with Gasteiger partial charge in [-0.05, 0) is 44.7 Å². The Hall–Kier alpha value is -4.52. The van der Waals surface area contributed by atoms with Crippen LogP contribution in [0.15, 0.2) is 70.8 Å². The van der Waals surface area contributed by atoms with Gasteiger partial charge in [-0.2, -0.15) is 10.4 Å². The molecule has 1 aliphatic carbocycles. The third-order valence-electron chi connectivity index (χ3n) is 6.68. The Morgan fingerprint density at radius 1 is 1.13 bits per heavy atom. The van der Waals surface area contributed by atoms with Gasteiger partial charge in [0.1, 0.15) is 6.04 Å². The van der Waals surface area contributed by atoms with Crippen molar-refractivity contribution in [3.63, 3.8) is 0 Å². The summed E-state index contributed by atoms with van der Waals surface area (Å²) in [5.41, 5.74) is 1.94. The number of carbonyl (C=O) groups excluding carboxylic acids is 3. The summed E-state index contributed by atoms with van der Waals surface area (Å²) in [4.78, 5) is 44.8. The van der Waals surface area contributed by atoms with Crippen LogP contribution in [0.5, 0.6) is 0 Å². The van der Waals surface area contributed by atoms with Gasteiger partial charge in [0, 0.05) is 19.3 Å². The van der Waals surface area contributed by atoms with Crippen molar-refractivity contribution in [2.24, 2.45) is 21.9 Å². The molecule has 2 fully saturated rings. The van der Waals surface area contributed by atoms with Crippen LogP contribution in [-0.4, -0.2) is 71.7 Å². The fourth-order valence-electron chi connectivity index (χ4n) is 4.14. The minimum absolute atomic E-state index is 0.0365. The zero-order valence-corrected chi connectivity index (χ0v) is 22.4. The first kappa shape index (κ1) is 29.0. The number of amides is 3. The second-order valence-corrected chi connectivity index (χ2v) is 9.67. The number of nitrogens with zero attached hydrogens (tertiary/aromatic N) is 5. The molecule has 2 atom stereocenters. The van der Waals surface area contributed by atoms with Crippen LogP contribution in [0.1, 0.15) is 31.2 Å². The molecule has 1 aliphatic heterocycles. The Balaban J connectivity index is 0.000000520. The lowest BCUT2D eigenvalue weighted by molar-refractivity contribution is -0.136. The average molecular weight is 530 g/mol. The standard InChI is InChI=1S/C22H27N7O3.C7H8/c1-28(22(32)19(27-24)12-25-16-8-5-9-16)14-20(30)29-13-15(10-18(29)11-23)21(31)26-17-6-3-2-4-7-17;1-7-5-3-2-4-6-7/h2-4,6-7,12,15-16,18H,5,8-10,13-14,24H2,1H3,(H,26,31);2-6H,1H3/b25-12?,27-19+;. The van der Waals surface area contributed by atoms with E-state index in [1.165, 1.54) is 28.6 Å². The monoisotopic (exact) mass is 529 g/mol. The Morgan fingerprint density at radius 2 is 1.77 bits per heavy atom. The molecule has 0 radical (unpaired) electrons. The zero-order chi connectivity index (χ0) is 28.2. The highest BCUT2D eigenvalue weighted by Gasteiger charge is 2.39. The van der Waals surface area contributed by atoms with Gasteiger partial charge in [0.2, 0.25) is 11.8 Å². The number of nitriles is 1. The lowest BCUT2D eigenvalue weighted by atomic mass is 9.94. The highest BCUT2D eigenvalue weighted by Crippen LogP contribution is 2.25. The van der Waals surface area contributed by atoms with Crippen molar-refractivity contribution < 1.29 is 14.4 Å². The van der Waals surface area contributed by atoms with E-state index in [0.29, 0.717) is 5.69 Å². The molecule has 0 bridgehead atoms. The third-order valence-corrected chi connectivity index (χ3v) is 6.68. The molecule has 1 heterocycles. The maximum absolute atomic E-state index is 12.8. The van der Waals surface area contributed by atoms with E-state index in [1.54, 1.807) is 24.3 Å². The number of rotatable bonds is 7. The van der Waals surface area contributed by atoms with Crippen LogP contribution in [-0.2, 0) is 14.4 Å². The van der Waals surface area contributed by atoms with Crippen LogP contribution in [0, 0.1) is 24.2 Å². The minimum atomic E-state index is -0.736. The number of likely N-dealkylation sites (tertiary alicyclic amines) is 1. The molecule has 4 rings (SSSR count). The second kappa shape index (κ2) is 14.4. The predicted octanol–water partition coefficient (Wildman–Crippen LogP) is 2.76. The van der Waals surface area contributed by atoms with Crippen molar-refractivity contribution in [3.05, 3.63) is 66.2 Å². The maximum Gasteiger partial charge on any atom is 0.276 e.